The highest BCUT2D eigenvalue weighted by Gasteiger charge is 2.55. The number of hydrogen-bond donors (Lipinski definition) is 1. The summed E-state index contributed by atoms with van der Waals surface area (Å²) in [6, 6.07) is 14.4. The van der Waals surface area contributed by atoms with Crippen molar-refractivity contribution >= 4 is 17.8 Å². The van der Waals surface area contributed by atoms with Crippen LogP contribution in [0, 0.1) is 11.7 Å². The van der Waals surface area contributed by atoms with Crippen LogP contribution in [0.25, 0.3) is 0 Å². The van der Waals surface area contributed by atoms with Gasteiger partial charge in [-0.3, -0.25) is 14.5 Å². The van der Waals surface area contributed by atoms with Crippen LogP contribution in [-0.4, -0.2) is 46.8 Å². The third-order valence-electron chi connectivity index (χ3n) is 6.88. The number of nitrogens with zero attached hydrogens (tertiary/aromatic N) is 2. The van der Waals surface area contributed by atoms with Crippen molar-refractivity contribution < 1.29 is 18.8 Å². The predicted octanol–water partition coefficient (Wildman–Crippen LogP) is 3.87. The standard InChI is InChI=1S/C25H28FN3O3/c1-17-8-6-7-15-25(17)23(31)29(24(32)27-25)16-21(30)28(2)22(18-9-4-3-5-10-18)19-11-13-20(26)14-12-19/h3-5,9-14,17,22H,6-8,15-16H2,1-2H3,(H,27,32). The van der Waals surface area contributed by atoms with Crippen LogP contribution in [0.5, 0.6) is 0 Å². The fourth-order valence-corrected chi connectivity index (χ4v) is 4.95. The molecule has 1 saturated carbocycles. The van der Waals surface area contributed by atoms with Gasteiger partial charge in [0.1, 0.15) is 17.9 Å². The maximum atomic E-state index is 13.5. The Morgan fingerprint density at radius 3 is 2.44 bits per heavy atom. The molecule has 2 aliphatic rings. The van der Waals surface area contributed by atoms with E-state index in [0.717, 1.165) is 35.3 Å². The summed E-state index contributed by atoms with van der Waals surface area (Å²) in [4.78, 5) is 41.8. The van der Waals surface area contributed by atoms with Crippen molar-refractivity contribution in [2.24, 2.45) is 5.92 Å². The Kier molecular flexibility index (Phi) is 6.00. The van der Waals surface area contributed by atoms with Crippen molar-refractivity contribution in [3.8, 4) is 0 Å². The fraction of sp³-hybridized carbons (Fsp3) is 0.400. The molecule has 3 atom stereocenters. The second-order valence-electron chi connectivity index (χ2n) is 8.81. The van der Waals surface area contributed by atoms with Gasteiger partial charge in [0.2, 0.25) is 5.91 Å². The van der Waals surface area contributed by atoms with Gasteiger partial charge in [0, 0.05) is 7.05 Å². The zero-order valence-electron chi connectivity index (χ0n) is 18.4. The van der Waals surface area contributed by atoms with Gasteiger partial charge in [-0.2, -0.15) is 0 Å². The van der Waals surface area contributed by atoms with Gasteiger partial charge >= 0.3 is 6.03 Å². The average Bonchev–Trinajstić information content (AvgIpc) is 3.03. The smallest absolute Gasteiger partial charge is 0.325 e. The van der Waals surface area contributed by atoms with Crippen molar-refractivity contribution in [1.29, 1.82) is 0 Å². The molecule has 6 nitrogen and oxygen atoms in total. The van der Waals surface area contributed by atoms with Gasteiger partial charge in [-0.05, 0) is 42.0 Å². The lowest BCUT2D eigenvalue weighted by Gasteiger charge is -2.37. The fourth-order valence-electron chi connectivity index (χ4n) is 4.95. The van der Waals surface area contributed by atoms with E-state index in [9.17, 15) is 18.8 Å². The third kappa shape index (κ3) is 3.87. The quantitative estimate of drug-likeness (QED) is 0.722. The van der Waals surface area contributed by atoms with E-state index in [0.29, 0.717) is 6.42 Å². The first-order valence-corrected chi connectivity index (χ1v) is 11.0. The molecule has 1 aliphatic carbocycles. The lowest BCUT2D eigenvalue weighted by molar-refractivity contribution is -0.140. The number of imide groups is 1. The number of likely N-dealkylation sites (N-methyl/N-ethyl adjacent to an activating group) is 1. The summed E-state index contributed by atoms with van der Waals surface area (Å²) in [6.07, 6.45) is 3.37. The van der Waals surface area contributed by atoms with Gasteiger partial charge in [0.15, 0.2) is 0 Å². The highest BCUT2D eigenvalue weighted by Crippen LogP contribution is 2.38. The molecule has 3 unspecified atom stereocenters. The van der Waals surface area contributed by atoms with Crippen LogP contribution in [0.2, 0.25) is 0 Å². The minimum absolute atomic E-state index is 0.0295. The number of rotatable bonds is 5. The number of hydrogen-bond acceptors (Lipinski definition) is 3. The second kappa shape index (κ2) is 8.73. The molecule has 0 aromatic heterocycles. The highest BCUT2D eigenvalue weighted by atomic mass is 19.1. The van der Waals surface area contributed by atoms with E-state index in [1.54, 1.807) is 19.2 Å². The van der Waals surface area contributed by atoms with Crippen LogP contribution in [-0.2, 0) is 9.59 Å². The second-order valence-corrected chi connectivity index (χ2v) is 8.81. The Balaban J connectivity index is 1.58. The summed E-state index contributed by atoms with van der Waals surface area (Å²) in [5, 5.41) is 2.89. The van der Waals surface area contributed by atoms with E-state index >= 15 is 0 Å². The van der Waals surface area contributed by atoms with Crippen molar-refractivity contribution in [1.82, 2.24) is 15.1 Å². The molecule has 2 aromatic carbocycles. The van der Waals surface area contributed by atoms with Gasteiger partial charge in [0.05, 0.1) is 6.04 Å². The van der Waals surface area contributed by atoms with Crippen LogP contribution < -0.4 is 5.32 Å². The van der Waals surface area contributed by atoms with Crippen LogP contribution in [0.1, 0.15) is 49.8 Å². The normalized spacial score (nSPS) is 23.8. The number of urea groups is 1. The zero-order chi connectivity index (χ0) is 22.9. The molecule has 7 heteroatoms. The molecule has 32 heavy (non-hydrogen) atoms. The molecule has 168 valence electrons. The lowest BCUT2D eigenvalue weighted by atomic mass is 9.73. The Hall–Kier alpha value is -3.22. The molecule has 1 heterocycles. The first-order chi connectivity index (χ1) is 15.3. The topological polar surface area (TPSA) is 69.7 Å². The van der Waals surface area contributed by atoms with E-state index < -0.39 is 17.6 Å². The number of nitrogens with one attached hydrogen (secondary N) is 1. The number of halogens is 1. The first-order valence-electron chi connectivity index (χ1n) is 11.0. The molecule has 1 spiro atoms. The number of amides is 4. The van der Waals surface area contributed by atoms with Crippen LogP contribution in [0.4, 0.5) is 9.18 Å². The molecule has 0 bridgehead atoms. The van der Waals surface area contributed by atoms with Gasteiger partial charge in [-0.1, -0.05) is 62.2 Å². The van der Waals surface area contributed by atoms with Gasteiger partial charge < -0.3 is 10.2 Å². The Morgan fingerprint density at radius 1 is 1.12 bits per heavy atom. The Morgan fingerprint density at radius 2 is 1.78 bits per heavy atom. The molecular formula is C25H28FN3O3. The van der Waals surface area contributed by atoms with Crippen LogP contribution >= 0.6 is 0 Å². The first kappa shape index (κ1) is 22.0. The lowest BCUT2D eigenvalue weighted by Crippen LogP contribution is -2.54. The molecule has 2 aromatic rings. The number of carbonyl (C=O) groups excluding carboxylic acids is 3. The SMILES string of the molecule is CC1CCCCC12NC(=O)N(CC(=O)N(C)C(c1ccccc1)c1ccc(F)cc1)C2=O. The summed E-state index contributed by atoms with van der Waals surface area (Å²) in [6.45, 7) is 1.65. The van der Waals surface area contributed by atoms with E-state index in [1.165, 1.54) is 17.0 Å². The van der Waals surface area contributed by atoms with Crippen molar-refractivity contribution in [3.05, 3.63) is 71.5 Å². The molecule has 4 rings (SSSR count). The maximum absolute atomic E-state index is 13.5. The summed E-state index contributed by atoms with van der Waals surface area (Å²) in [5.41, 5.74) is 0.691. The summed E-state index contributed by atoms with van der Waals surface area (Å²) >= 11 is 0. The molecule has 2 fully saturated rings. The van der Waals surface area contributed by atoms with Crippen LogP contribution in [0.3, 0.4) is 0 Å². The van der Waals surface area contributed by atoms with E-state index in [-0.39, 0.29) is 30.1 Å². The van der Waals surface area contributed by atoms with E-state index in [2.05, 4.69) is 5.32 Å². The largest absolute Gasteiger partial charge is 0.333 e. The van der Waals surface area contributed by atoms with Gasteiger partial charge in [0.25, 0.3) is 5.91 Å². The maximum Gasteiger partial charge on any atom is 0.325 e. The monoisotopic (exact) mass is 437 g/mol. The number of benzene rings is 2. The molecule has 0 radical (unpaired) electrons. The summed E-state index contributed by atoms with van der Waals surface area (Å²) in [5.74, 6) is -1.01. The minimum atomic E-state index is -0.899. The molecule has 1 saturated heterocycles. The van der Waals surface area contributed by atoms with Gasteiger partial charge in [-0.15, -0.1) is 0 Å². The van der Waals surface area contributed by atoms with Crippen LogP contribution in [0.15, 0.2) is 54.6 Å². The Bertz CT molecular complexity index is 1010. The average molecular weight is 438 g/mol. The minimum Gasteiger partial charge on any atom is -0.333 e. The third-order valence-corrected chi connectivity index (χ3v) is 6.88. The molecule has 4 amide bonds. The Labute approximate surface area is 187 Å². The molecule has 1 N–H and O–H groups in total. The highest BCUT2D eigenvalue weighted by molar-refractivity contribution is 6.09. The predicted molar refractivity (Wildman–Crippen MR) is 118 cm³/mol. The van der Waals surface area contributed by atoms with Crippen molar-refractivity contribution in [2.75, 3.05) is 13.6 Å². The summed E-state index contributed by atoms with van der Waals surface area (Å²) < 4.78 is 13.5. The van der Waals surface area contributed by atoms with Crippen molar-refractivity contribution in [2.45, 2.75) is 44.2 Å². The van der Waals surface area contributed by atoms with Crippen molar-refractivity contribution in [3.63, 3.8) is 0 Å². The van der Waals surface area contributed by atoms with Gasteiger partial charge in [-0.25, -0.2) is 9.18 Å². The molecule has 1 aliphatic heterocycles. The van der Waals surface area contributed by atoms with E-state index in [4.69, 9.17) is 0 Å². The zero-order valence-corrected chi connectivity index (χ0v) is 18.4. The number of carbonyl (C=O) groups is 3. The van der Waals surface area contributed by atoms with E-state index in [1.807, 2.05) is 37.3 Å². The molecular weight excluding hydrogens is 409 g/mol. The summed E-state index contributed by atoms with van der Waals surface area (Å²) in [7, 11) is 1.64.